The van der Waals surface area contributed by atoms with Crippen LogP contribution in [0.5, 0.6) is 0 Å². The Morgan fingerprint density at radius 1 is 1.22 bits per heavy atom. The Morgan fingerprint density at radius 3 is 2.70 bits per heavy atom. The molecule has 1 aliphatic heterocycles. The predicted octanol–water partition coefficient (Wildman–Crippen LogP) is 4.29. The van der Waals surface area contributed by atoms with Gasteiger partial charge < -0.3 is 4.74 Å². The van der Waals surface area contributed by atoms with Gasteiger partial charge in [0.25, 0.3) is 0 Å². The quantitative estimate of drug-likeness (QED) is 0.790. The average Bonchev–Trinajstić information content (AvgIpc) is 2.75. The molecular weight excluding hydrogens is 306 g/mol. The number of benzene rings is 2. The van der Waals surface area contributed by atoms with E-state index in [1.54, 1.807) is 11.8 Å². The smallest absolute Gasteiger partial charge is 0.325 e. The minimum atomic E-state index is -0.398. The lowest BCUT2D eigenvalue weighted by Gasteiger charge is -2.16. The molecule has 1 aliphatic rings. The van der Waals surface area contributed by atoms with E-state index in [1.165, 1.54) is 5.56 Å². The molecule has 118 valence electrons. The summed E-state index contributed by atoms with van der Waals surface area (Å²) in [5.41, 5.74) is 5.01. The van der Waals surface area contributed by atoms with Gasteiger partial charge in [-0.1, -0.05) is 48.0 Å². The molecule has 0 aliphatic carbocycles. The normalized spacial score (nSPS) is 17.0. The molecule has 0 unspecified atom stereocenters. The maximum atomic E-state index is 12.4. The number of thioether (sulfide) groups is 1. The van der Waals surface area contributed by atoms with Crippen LogP contribution in [0, 0.1) is 6.92 Å². The molecule has 0 bridgehead atoms. The number of aryl methyl sites for hydroxylation is 1. The van der Waals surface area contributed by atoms with E-state index in [0.29, 0.717) is 6.61 Å². The molecular formula is C19H19NO2S. The van der Waals surface area contributed by atoms with E-state index in [1.807, 2.05) is 56.3 Å². The molecule has 4 heteroatoms. The second-order valence-corrected chi connectivity index (χ2v) is 6.53. The van der Waals surface area contributed by atoms with Crippen molar-refractivity contribution >= 4 is 29.1 Å². The van der Waals surface area contributed by atoms with Gasteiger partial charge in [-0.05, 0) is 31.0 Å². The number of esters is 1. The molecule has 0 saturated carbocycles. The summed E-state index contributed by atoms with van der Waals surface area (Å²) in [4.78, 5) is 17.2. The third-order valence-electron chi connectivity index (χ3n) is 3.73. The highest BCUT2D eigenvalue weighted by molar-refractivity contribution is 8.00. The molecule has 0 spiro atoms. The topological polar surface area (TPSA) is 38.7 Å². The first kappa shape index (κ1) is 15.8. The van der Waals surface area contributed by atoms with Crippen molar-refractivity contribution in [3.63, 3.8) is 0 Å². The van der Waals surface area contributed by atoms with E-state index >= 15 is 0 Å². The van der Waals surface area contributed by atoms with Crippen LogP contribution < -0.4 is 0 Å². The second-order valence-electron chi connectivity index (χ2n) is 5.43. The zero-order chi connectivity index (χ0) is 16.2. The van der Waals surface area contributed by atoms with E-state index in [-0.39, 0.29) is 5.97 Å². The van der Waals surface area contributed by atoms with Gasteiger partial charge in [-0.15, -0.1) is 11.8 Å². The summed E-state index contributed by atoms with van der Waals surface area (Å²) >= 11 is 1.58. The van der Waals surface area contributed by atoms with Crippen LogP contribution in [0.1, 0.15) is 23.6 Å². The molecule has 0 aromatic heterocycles. The van der Waals surface area contributed by atoms with Gasteiger partial charge in [-0.3, -0.25) is 9.79 Å². The Morgan fingerprint density at radius 2 is 1.96 bits per heavy atom. The molecule has 0 saturated heterocycles. The SMILES string of the molecule is CCOC(=O)[C@@H]1SCc2ccccc2N=C1c1ccc(C)cc1. The predicted molar refractivity (Wildman–Crippen MR) is 95.5 cm³/mol. The third-order valence-corrected chi connectivity index (χ3v) is 4.96. The fourth-order valence-electron chi connectivity index (χ4n) is 2.52. The van der Waals surface area contributed by atoms with Gasteiger partial charge in [0.2, 0.25) is 0 Å². The molecule has 0 fully saturated rings. The Labute approximate surface area is 140 Å². The molecule has 2 aromatic carbocycles. The monoisotopic (exact) mass is 325 g/mol. The van der Waals surface area contributed by atoms with Gasteiger partial charge in [0.1, 0.15) is 5.25 Å². The Balaban J connectivity index is 2.07. The van der Waals surface area contributed by atoms with Crippen LogP contribution in [0.2, 0.25) is 0 Å². The Kier molecular flexibility index (Phi) is 4.82. The van der Waals surface area contributed by atoms with Crippen LogP contribution >= 0.6 is 11.8 Å². The molecule has 2 aromatic rings. The molecule has 0 amide bonds. The zero-order valence-electron chi connectivity index (χ0n) is 13.3. The molecule has 3 nitrogen and oxygen atoms in total. The molecule has 0 N–H and O–H groups in total. The van der Waals surface area contributed by atoms with Crippen LogP contribution in [-0.4, -0.2) is 23.5 Å². The van der Waals surface area contributed by atoms with Crippen molar-refractivity contribution in [1.29, 1.82) is 0 Å². The van der Waals surface area contributed by atoms with Crippen molar-refractivity contribution in [2.45, 2.75) is 24.9 Å². The molecule has 1 heterocycles. The standard InChI is InChI=1S/C19H19NO2S/c1-3-22-19(21)18-17(14-10-8-13(2)9-11-14)20-16-7-5-4-6-15(16)12-23-18/h4-11,18H,3,12H2,1-2H3/t18-/m1/s1. The highest BCUT2D eigenvalue weighted by Crippen LogP contribution is 2.33. The minimum absolute atomic E-state index is 0.218. The number of para-hydroxylation sites is 1. The third kappa shape index (κ3) is 3.48. The van der Waals surface area contributed by atoms with Crippen LogP contribution in [0.25, 0.3) is 0 Å². The highest BCUT2D eigenvalue weighted by Gasteiger charge is 2.30. The number of carbonyl (C=O) groups excluding carboxylic acids is 1. The minimum Gasteiger partial charge on any atom is -0.465 e. The fourth-order valence-corrected chi connectivity index (χ4v) is 3.66. The number of carbonyl (C=O) groups is 1. The van der Waals surface area contributed by atoms with E-state index in [2.05, 4.69) is 6.07 Å². The maximum absolute atomic E-state index is 12.4. The van der Waals surface area contributed by atoms with Gasteiger partial charge >= 0.3 is 5.97 Å². The van der Waals surface area contributed by atoms with Crippen LogP contribution in [0.15, 0.2) is 53.5 Å². The fraction of sp³-hybridized carbons (Fsp3) is 0.263. The summed E-state index contributed by atoms with van der Waals surface area (Å²) in [6.07, 6.45) is 0. The van der Waals surface area contributed by atoms with Gasteiger partial charge in [0.15, 0.2) is 0 Å². The van der Waals surface area contributed by atoms with Crippen molar-refractivity contribution in [2.24, 2.45) is 4.99 Å². The maximum Gasteiger partial charge on any atom is 0.325 e. The first-order valence-electron chi connectivity index (χ1n) is 7.71. The highest BCUT2D eigenvalue weighted by atomic mass is 32.2. The van der Waals surface area contributed by atoms with E-state index in [0.717, 1.165) is 28.3 Å². The lowest BCUT2D eigenvalue weighted by molar-refractivity contribution is -0.141. The summed E-state index contributed by atoms with van der Waals surface area (Å²) in [7, 11) is 0. The summed E-state index contributed by atoms with van der Waals surface area (Å²) in [5, 5.41) is -0.398. The van der Waals surface area contributed by atoms with Gasteiger partial charge in [-0.25, -0.2) is 0 Å². The van der Waals surface area contributed by atoms with Crippen LogP contribution in [0.3, 0.4) is 0 Å². The van der Waals surface area contributed by atoms with Crippen LogP contribution in [-0.2, 0) is 15.3 Å². The van der Waals surface area contributed by atoms with Gasteiger partial charge in [0.05, 0.1) is 18.0 Å². The van der Waals surface area contributed by atoms with Crippen molar-refractivity contribution in [3.8, 4) is 0 Å². The number of hydrogen-bond donors (Lipinski definition) is 0. The number of ether oxygens (including phenoxy) is 1. The number of rotatable bonds is 3. The van der Waals surface area contributed by atoms with Crippen molar-refractivity contribution in [3.05, 3.63) is 65.2 Å². The lowest BCUT2D eigenvalue weighted by atomic mass is 10.0. The first-order chi connectivity index (χ1) is 11.2. The van der Waals surface area contributed by atoms with Crippen molar-refractivity contribution in [1.82, 2.24) is 0 Å². The second kappa shape index (κ2) is 7.01. The summed E-state index contributed by atoms with van der Waals surface area (Å²) in [6, 6.07) is 16.2. The summed E-state index contributed by atoms with van der Waals surface area (Å²) in [5.74, 6) is 0.531. The van der Waals surface area contributed by atoms with Crippen LogP contribution in [0.4, 0.5) is 5.69 Å². The summed E-state index contributed by atoms with van der Waals surface area (Å²) < 4.78 is 5.27. The average molecular weight is 325 g/mol. The molecule has 0 radical (unpaired) electrons. The Hall–Kier alpha value is -2.07. The number of aliphatic imine (C=N–C) groups is 1. The number of fused-ring (bicyclic) bond motifs is 1. The molecule has 23 heavy (non-hydrogen) atoms. The van der Waals surface area contributed by atoms with Gasteiger partial charge in [0, 0.05) is 5.75 Å². The molecule has 1 atom stereocenters. The van der Waals surface area contributed by atoms with E-state index < -0.39 is 5.25 Å². The zero-order valence-corrected chi connectivity index (χ0v) is 14.1. The Bertz CT molecular complexity index is 737. The van der Waals surface area contributed by atoms with Crippen molar-refractivity contribution in [2.75, 3.05) is 6.61 Å². The largest absolute Gasteiger partial charge is 0.465 e. The lowest BCUT2D eigenvalue weighted by Crippen LogP contribution is -2.29. The van der Waals surface area contributed by atoms with E-state index in [4.69, 9.17) is 9.73 Å². The molecule has 3 rings (SSSR count). The van der Waals surface area contributed by atoms with Gasteiger partial charge in [-0.2, -0.15) is 0 Å². The van der Waals surface area contributed by atoms with E-state index in [9.17, 15) is 4.79 Å². The first-order valence-corrected chi connectivity index (χ1v) is 8.75. The number of hydrogen-bond acceptors (Lipinski definition) is 4. The summed E-state index contributed by atoms with van der Waals surface area (Å²) in [6.45, 7) is 4.26. The number of nitrogens with zero attached hydrogens (tertiary/aromatic N) is 1. The van der Waals surface area contributed by atoms with Crippen molar-refractivity contribution < 1.29 is 9.53 Å².